The van der Waals surface area contributed by atoms with Crippen LogP contribution in [0.15, 0.2) is 79.1 Å². The highest BCUT2D eigenvalue weighted by atomic mass is 19.1. The second kappa shape index (κ2) is 6.84. The topological polar surface area (TPSA) is 83.1 Å². The number of pyridine rings is 2. The van der Waals surface area contributed by atoms with E-state index in [1.807, 2.05) is 48.5 Å². The average molecular weight is 406 g/mol. The number of aromatic amines is 2. The first-order valence-corrected chi connectivity index (χ1v) is 9.77. The van der Waals surface area contributed by atoms with Crippen molar-refractivity contribution in [1.29, 1.82) is 0 Å². The fraction of sp³-hybridized carbons (Fsp3) is 0. The first-order chi connectivity index (χ1) is 15.3. The zero-order valence-electron chi connectivity index (χ0n) is 16.2. The van der Waals surface area contributed by atoms with Crippen LogP contribution < -0.4 is 0 Å². The van der Waals surface area contributed by atoms with Crippen LogP contribution >= 0.6 is 0 Å². The molecule has 4 heterocycles. The number of hydrogen-bond acceptors (Lipinski definition) is 4. The highest BCUT2D eigenvalue weighted by molar-refractivity contribution is 5.96. The van der Waals surface area contributed by atoms with Crippen LogP contribution in [-0.4, -0.2) is 30.1 Å². The summed E-state index contributed by atoms with van der Waals surface area (Å²) in [6.07, 6.45) is 3.51. The SMILES string of the molecule is Fc1cccc(-c2cccc3[nH]c(-c4n[nH]c5ccc(-c6cccnc6)nc45)nc23)c1. The van der Waals surface area contributed by atoms with Gasteiger partial charge in [-0.3, -0.25) is 10.1 Å². The molecule has 0 aliphatic rings. The number of para-hydroxylation sites is 1. The molecule has 2 N–H and O–H groups in total. The molecule has 2 aromatic carbocycles. The van der Waals surface area contributed by atoms with Gasteiger partial charge < -0.3 is 4.98 Å². The molecule has 0 aliphatic carbocycles. The van der Waals surface area contributed by atoms with Crippen molar-refractivity contribution in [3.8, 4) is 33.9 Å². The van der Waals surface area contributed by atoms with Crippen LogP contribution in [-0.2, 0) is 0 Å². The summed E-state index contributed by atoms with van der Waals surface area (Å²) in [4.78, 5) is 17.1. The zero-order chi connectivity index (χ0) is 20.8. The Morgan fingerprint density at radius 2 is 1.68 bits per heavy atom. The van der Waals surface area contributed by atoms with Crippen molar-refractivity contribution in [2.45, 2.75) is 0 Å². The molecule has 0 bridgehead atoms. The van der Waals surface area contributed by atoms with Crippen molar-refractivity contribution in [1.82, 2.24) is 30.1 Å². The van der Waals surface area contributed by atoms with E-state index >= 15 is 0 Å². The van der Waals surface area contributed by atoms with Crippen molar-refractivity contribution in [2.24, 2.45) is 0 Å². The summed E-state index contributed by atoms with van der Waals surface area (Å²) in [7, 11) is 0. The fourth-order valence-corrected chi connectivity index (χ4v) is 3.77. The maximum Gasteiger partial charge on any atom is 0.161 e. The molecule has 4 aromatic heterocycles. The Kier molecular flexibility index (Phi) is 3.86. The molecule has 7 heteroatoms. The predicted octanol–water partition coefficient (Wildman–Crippen LogP) is 5.37. The summed E-state index contributed by atoms with van der Waals surface area (Å²) in [6, 6.07) is 20.0. The largest absolute Gasteiger partial charge is 0.336 e. The van der Waals surface area contributed by atoms with Gasteiger partial charge >= 0.3 is 0 Å². The number of benzene rings is 2. The third kappa shape index (κ3) is 2.95. The molecule has 0 amide bonds. The normalized spacial score (nSPS) is 11.4. The number of H-pyrrole nitrogens is 2. The van der Waals surface area contributed by atoms with E-state index < -0.39 is 0 Å². The maximum absolute atomic E-state index is 13.8. The highest BCUT2D eigenvalue weighted by Gasteiger charge is 2.17. The number of rotatable bonds is 3. The zero-order valence-corrected chi connectivity index (χ0v) is 16.2. The lowest BCUT2D eigenvalue weighted by Crippen LogP contribution is -1.87. The summed E-state index contributed by atoms with van der Waals surface area (Å²) >= 11 is 0. The van der Waals surface area contributed by atoms with Gasteiger partial charge in [0, 0.05) is 23.5 Å². The van der Waals surface area contributed by atoms with Crippen LogP contribution in [0.25, 0.3) is 56.0 Å². The summed E-state index contributed by atoms with van der Waals surface area (Å²) in [6.45, 7) is 0. The Morgan fingerprint density at radius 3 is 2.55 bits per heavy atom. The van der Waals surface area contributed by atoms with Crippen LogP contribution in [0.5, 0.6) is 0 Å². The summed E-state index contributed by atoms with van der Waals surface area (Å²) in [5.74, 6) is 0.316. The van der Waals surface area contributed by atoms with Crippen molar-refractivity contribution in [3.05, 3.63) is 84.9 Å². The van der Waals surface area contributed by atoms with Gasteiger partial charge in [0.05, 0.1) is 22.2 Å². The number of aromatic nitrogens is 6. The van der Waals surface area contributed by atoms with Crippen molar-refractivity contribution < 1.29 is 4.39 Å². The summed E-state index contributed by atoms with van der Waals surface area (Å²) < 4.78 is 13.8. The number of halogens is 1. The van der Waals surface area contributed by atoms with Gasteiger partial charge in [-0.1, -0.05) is 24.3 Å². The van der Waals surface area contributed by atoms with Gasteiger partial charge in [0.2, 0.25) is 0 Å². The lowest BCUT2D eigenvalue weighted by Gasteiger charge is -2.02. The van der Waals surface area contributed by atoms with E-state index in [9.17, 15) is 4.39 Å². The Morgan fingerprint density at radius 1 is 0.774 bits per heavy atom. The van der Waals surface area contributed by atoms with E-state index in [2.05, 4.69) is 20.2 Å². The van der Waals surface area contributed by atoms with Crippen molar-refractivity contribution in [2.75, 3.05) is 0 Å². The molecular weight excluding hydrogens is 391 g/mol. The van der Waals surface area contributed by atoms with Gasteiger partial charge in [0.15, 0.2) is 11.5 Å². The second-order valence-corrected chi connectivity index (χ2v) is 7.20. The molecule has 0 saturated carbocycles. The maximum atomic E-state index is 13.8. The molecular formula is C24H15FN6. The number of hydrogen-bond donors (Lipinski definition) is 2. The summed E-state index contributed by atoms with van der Waals surface area (Å²) in [5, 5.41) is 7.48. The van der Waals surface area contributed by atoms with Crippen LogP contribution in [0.2, 0.25) is 0 Å². The van der Waals surface area contributed by atoms with Gasteiger partial charge in [-0.25, -0.2) is 14.4 Å². The molecule has 6 nitrogen and oxygen atoms in total. The quantitative estimate of drug-likeness (QED) is 0.414. The standard InChI is InChI=1S/C24H15FN6/c25-16-6-1-4-14(12-16)17-7-2-8-19-21(17)29-24(28-19)23-22-20(30-31-23)10-9-18(27-22)15-5-3-11-26-13-15/h1-13H,(H,28,29)(H,30,31). The molecule has 0 aliphatic heterocycles. The number of fused-ring (bicyclic) bond motifs is 2. The lowest BCUT2D eigenvalue weighted by atomic mass is 10.0. The first-order valence-electron chi connectivity index (χ1n) is 9.77. The van der Waals surface area contributed by atoms with Gasteiger partial charge in [-0.2, -0.15) is 5.10 Å². The minimum atomic E-state index is -0.282. The Balaban J connectivity index is 1.52. The molecule has 0 saturated heterocycles. The van der Waals surface area contributed by atoms with Crippen LogP contribution in [0, 0.1) is 5.82 Å². The van der Waals surface area contributed by atoms with Crippen LogP contribution in [0.3, 0.4) is 0 Å². The van der Waals surface area contributed by atoms with Gasteiger partial charge in [-0.15, -0.1) is 0 Å². The van der Waals surface area contributed by atoms with Gasteiger partial charge in [0.25, 0.3) is 0 Å². The predicted molar refractivity (Wildman–Crippen MR) is 118 cm³/mol. The van der Waals surface area contributed by atoms with E-state index in [1.165, 1.54) is 12.1 Å². The number of nitrogens with zero attached hydrogens (tertiary/aromatic N) is 4. The summed E-state index contributed by atoms with van der Waals surface area (Å²) in [5.41, 5.74) is 7.10. The van der Waals surface area contributed by atoms with Crippen LogP contribution in [0.1, 0.15) is 0 Å². The Hall–Kier alpha value is -4.39. The van der Waals surface area contributed by atoms with E-state index in [-0.39, 0.29) is 5.82 Å². The number of nitrogens with one attached hydrogen (secondary N) is 2. The monoisotopic (exact) mass is 406 g/mol. The molecule has 0 unspecified atom stereocenters. The van der Waals surface area contributed by atoms with Crippen molar-refractivity contribution in [3.63, 3.8) is 0 Å². The van der Waals surface area contributed by atoms with Crippen molar-refractivity contribution >= 4 is 22.1 Å². The average Bonchev–Trinajstić information content (AvgIpc) is 3.43. The third-order valence-electron chi connectivity index (χ3n) is 5.24. The molecule has 0 atom stereocenters. The first kappa shape index (κ1) is 17.5. The molecule has 6 rings (SSSR count). The molecule has 0 radical (unpaired) electrons. The minimum absolute atomic E-state index is 0.282. The van der Waals surface area contributed by atoms with E-state index in [0.717, 1.165) is 38.9 Å². The van der Waals surface area contributed by atoms with E-state index in [4.69, 9.17) is 9.97 Å². The molecule has 6 aromatic rings. The third-order valence-corrected chi connectivity index (χ3v) is 5.24. The van der Waals surface area contributed by atoms with Crippen LogP contribution in [0.4, 0.5) is 4.39 Å². The fourth-order valence-electron chi connectivity index (χ4n) is 3.77. The van der Waals surface area contributed by atoms with Gasteiger partial charge in [-0.05, 0) is 48.0 Å². The Bertz CT molecular complexity index is 1550. The molecule has 0 spiro atoms. The lowest BCUT2D eigenvalue weighted by molar-refractivity contribution is 0.628. The molecule has 148 valence electrons. The molecule has 0 fully saturated rings. The second-order valence-electron chi connectivity index (χ2n) is 7.20. The highest BCUT2D eigenvalue weighted by Crippen LogP contribution is 2.32. The van der Waals surface area contributed by atoms with E-state index in [1.54, 1.807) is 18.5 Å². The smallest absolute Gasteiger partial charge is 0.161 e. The molecule has 31 heavy (non-hydrogen) atoms. The van der Waals surface area contributed by atoms with Gasteiger partial charge in [0.1, 0.15) is 11.3 Å². The minimum Gasteiger partial charge on any atom is -0.336 e. The van der Waals surface area contributed by atoms with E-state index in [0.29, 0.717) is 17.0 Å². The number of imidazole rings is 1. The Labute approximate surface area is 175 Å².